The number of aromatic nitrogens is 3. The molecule has 0 aliphatic carbocycles. The molecule has 0 saturated heterocycles. The van der Waals surface area contributed by atoms with E-state index in [1.165, 1.54) is 13.2 Å². The molecule has 0 aliphatic rings. The van der Waals surface area contributed by atoms with Gasteiger partial charge in [-0.15, -0.1) is 0 Å². The Morgan fingerprint density at radius 2 is 1.81 bits per heavy atom. The number of fused-ring (bicyclic) bond motifs is 1. The van der Waals surface area contributed by atoms with Crippen molar-refractivity contribution in [1.82, 2.24) is 15.0 Å². The van der Waals surface area contributed by atoms with Crippen LogP contribution in [0.2, 0.25) is 0 Å². The van der Waals surface area contributed by atoms with Crippen LogP contribution in [0.3, 0.4) is 0 Å². The first-order valence-corrected chi connectivity index (χ1v) is 9.59. The molecule has 0 atom stereocenters. The highest BCUT2D eigenvalue weighted by atomic mass is 19.2. The first-order chi connectivity index (χ1) is 15.1. The maximum atomic E-state index is 13.8. The van der Waals surface area contributed by atoms with Gasteiger partial charge >= 0.3 is 0 Å². The van der Waals surface area contributed by atoms with E-state index in [4.69, 9.17) is 14.5 Å². The number of pyridine rings is 1. The Balaban J connectivity index is 1.92. The van der Waals surface area contributed by atoms with E-state index < -0.39 is 11.6 Å². The summed E-state index contributed by atoms with van der Waals surface area (Å²) in [5.41, 5.74) is 2.50. The van der Waals surface area contributed by atoms with Crippen LogP contribution in [-0.2, 0) is 4.74 Å². The van der Waals surface area contributed by atoms with E-state index in [-0.39, 0.29) is 0 Å². The number of methoxy groups -OCH3 is 2. The van der Waals surface area contributed by atoms with Gasteiger partial charge in [0.05, 0.1) is 13.7 Å². The third-order valence-corrected chi connectivity index (χ3v) is 4.76. The average molecular weight is 422 g/mol. The molecule has 2 heterocycles. The van der Waals surface area contributed by atoms with Gasteiger partial charge in [-0.05, 0) is 47.5 Å². The molecule has 0 bridgehead atoms. The average Bonchev–Trinajstić information content (AvgIpc) is 2.80. The summed E-state index contributed by atoms with van der Waals surface area (Å²) >= 11 is 0. The number of rotatable bonds is 7. The van der Waals surface area contributed by atoms with Crippen molar-refractivity contribution in [2.24, 2.45) is 0 Å². The van der Waals surface area contributed by atoms with E-state index in [9.17, 15) is 8.78 Å². The molecule has 8 heteroatoms. The van der Waals surface area contributed by atoms with E-state index in [2.05, 4.69) is 15.3 Å². The maximum absolute atomic E-state index is 13.8. The lowest BCUT2D eigenvalue weighted by Gasteiger charge is -2.15. The van der Waals surface area contributed by atoms with Gasteiger partial charge in [0.1, 0.15) is 17.1 Å². The molecule has 0 unspecified atom stereocenters. The third-order valence-electron chi connectivity index (χ3n) is 4.76. The highest BCUT2D eigenvalue weighted by Crippen LogP contribution is 2.36. The molecule has 0 radical (unpaired) electrons. The molecule has 2 aromatic heterocycles. The lowest BCUT2D eigenvalue weighted by molar-refractivity contribution is 0.210. The van der Waals surface area contributed by atoms with Crippen LogP contribution in [-0.4, -0.2) is 42.3 Å². The topological polar surface area (TPSA) is 69.2 Å². The quantitative estimate of drug-likeness (QED) is 0.435. The molecule has 0 saturated carbocycles. The van der Waals surface area contributed by atoms with Crippen molar-refractivity contribution in [1.29, 1.82) is 0 Å². The second kappa shape index (κ2) is 9.01. The Labute approximate surface area is 177 Å². The summed E-state index contributed by atoms with van der Waals surface area (Å²) in [5.74, 6) is -0.274. The first-order valence-electron chi connectivity index (χ1n) is 9.59. The number of nitrogens with zero attached hydrogens (tertiary/aromatic N) is 3. The van der Waals surface area contributed by atoms with Crippen molar-refractivity contribution < 1.29 is 18.3 Å². The second-order valence-corrected chi connectivity index (χ2v) is 6.76. The van der Waals surface area contributed by atoms with Gasteiger partial charge in [-0.1, -0.05) is 6.07 Å². The maximum Gasteiger partial charge on any atom is 0.163 e. The predicted octanol–water partition coefficient (Wildman–Crippen LogP) is 4.70. The number of nitrogens with one attached hydrogen (secondary N) is 1. The van der Waals surface area contributed by atoms with Crippen molar-refractivity contribution in [2.45, 2.75) is 0 Å². The molecule has 31 heavy (non-hydrogen) atoms. The fourth-order valence-electron chi connectivity index (χ4n) is 3.23. The smallest absolute Gasteiger partial charge is 0.163 e. The van der Waals surface area contributed by atoms with Gasteiger partial charge in [-0.2, -0.15) is 0 Å². The van der Waals surface area contributed by atoms with Crippen LogP contribution in [0.15, 0.2) is 54.9 Å². The number of benzene rings is 2. The molecule has 2 aromatic carbocycles. The molecular formula is C23H20F2N4O2. The number of hydrogen-bond acceptors (Lipinski definition) is 6. The van der Waals surface area contributed by atoms with Gasteiger partial charge in [0.15, 0.2) is 17.5 Å². The zero-order valence-corrected chi connectivity index (χ0v) is 17.0. The highest BCUT2D eigenvalue weighted by molar-refractivity contribution is 5.97. The third kappa shape index (κ3) is 4.29. The Kier molecular flexibility index (Phi) is 5.99. The minimum absolute atomic E-state index is 0.480. The number of ether oxygens (including phenoxy) is 2. The summed E-state index contributed by atoms with van der Waals surface area (Å²) in [6.45, 7) is 1.00. The van der Waals surface area contributed by atoms with Gasteiger partial charge in [0.2, 0.25) is 0 Å². The predicted molar refractivity (Wildman–Crippen MR) is 115 cm³/mol. The monoisotopic (exact) mass is 422 g/mol. The lowest BCUT2D eigenvalue weighted by atomic mass is 10.0. The van der Waals surface area contributed by atoms with Crippen LogP contribution in [0.1, 0.15) is 0 Å². The highest BCUT2D eigenvalue weighted by Gasteiger charge is 2.16. The SMILES string of the molecule is COCCNc1nc(-c2cccnc2)nc2c(OC)cc(-c3ccc(F)c(F)c3)cc12. The molecule has 1 N–H and O–H groups in total. The molecule has 4 rings (SSSR count). The number of halogens is 2. The first kappa shape index (κ1) is 20.6. The van der Waals surface area contributed by atoms with E-state index >= 15 is 0 Å². The molecule has 0 fully saturated rings. The van der Waals surface area contributed by atoms with E-state index in [0.717, 1.165) is 17.7 Å². The summed E-state index contributed by atoms with van der Waals surface area (Å²) in [6.07, 6.45) is 3.36. The van der Waals surface area contributed by atoms with Crippen LogP contribution >= 0.6 is 0 Å². The van der Waals surface area contributed by atoms with Crippen molar-refractivity contribution in [3.8, 4) is 28.3 Å². The molecule has 4 aromatic rings. The minimum Gasteiger partial charge on any atom is -0.494 e. The van der Waals surface area contributed by atoms with Gasteiger partial charge in [-0.3, -0.25) is 4.98 Å². The van der Waals surface area contributed by atoms with Crippen molar-refractivity contribution in [2.75, 3.05) is 32.7 Å². The summed E-state index contributed by atoms with van der Waals surface area (Å²) in [4.78, 5) is 13.5. The van der Waals surface area contributed by atoms with Gasteiger partial charge in [-0.25, -0.2) is 18.7 Å². The largest absolute Gasteiger partial charge is 0.494 e. The van der Waals surface area contributed by atoms with Crippen molar-refractivity contribution in [3.05, 3.63) is 66.5 Å². The normalized spacial score (nSPS) is 11.0. The van der Waals surface area contributed by atoms with E-state index in [0.29, 0.717) is 52.6 Å². The molecule has 0 amide bonds. The summed E-state index contributed by atoms with van der Waals surface area (Å²) in [7, 11) is 3.15. The van der Waals surface area contributed by atoms with Gasteiger partial charge in [0.25, 0.3) is 0 Å². The molecule has 0 aliphatic heterocycles. The Morgan fingerprint density at radius 1 is 0.935 bits per heavy atom. The molecular weight excluding hydrogens is 402 g/mol. The molecule has 158 valence electrons. The zero-order chi connectivity index (χ0) is 21.8. The standard InChI is InChI=1S/C23H20F2N4O2/c1-30-9-8-27-23-17-10-16(14-5-6-18(24)19(25)11-14)12-20(31-2)21(17)28-22(29-23)15-4-3-7-26-13-15/h3-7,10-13H,8-9H2,1-2H3,(H,27,28,29). The Bertz CT molecular complexity index is 1220. The van der Waals surface area contributed by atoms with E-state index in [1.54, 1.807) is 25.6 Å². The van der Waals surface area contributed by atoms with Crippen LogP contribution in [0.5, 0.6) is 5.75 Å². The van der Waals surface area contributed by atoms with Gasteiger partial charge in [0, 0.05) is 37.0 Å². The van der Waals surface area contributed by atoms with Crippen molar-refractivity contribution >= 4 is 16.7 Å². The lowest BCUT2D eigenvalue weighted by Crippen LogP contribution is -2.10. The summed E-state index contributed by atoms with van der Waals surface area (Å²) < 4.78 is 38.0. The minimum atomic E-state index is -0.918. The van der Waals surface area contributed by atoms with E-state index in [1.807, 2.05) is 18.2 Å². The summed E-state index contributed by atoms with van der Waals surface area (Å²) in [6, 6.07) is 11.0. The van der Waals surface area contributed by atoms with Crippen LogP contribution < -0.4 is 10.1 Å². The van der Waals surface area contributed by atoms with Crippen molar-refractivity contribution in [3.63, 3.8) is 0 Å². The fraction of sp³-hybridized carbons (Fsp3) is 0.174. The second-order valence-electron chi connectivity index (χ2n) is 6.76. The Morgan fingerprint density at radius 3 is 2.52 bits per heavy atom. The Hall–Kier alpha value is -3.65. The zero-order valence-electron chi connectivity index (χ0n) is 17.0. The summed E-state index contributed by atoms with van der Waals surface area (Å²) in [5, 5.41) is 3.95. The van der Waals surface area contributed by atoms with Crippen LogP contribution in [0.25, 0.3) is 33.4 Å². The molecule has 6 nitrogen and oxygen atoms in total. The van der Waals surface area contributed by atoms with Crippen LogP contribution in [0.4, 0.5) is 14.6 Å². The fourth-order valence-corrected chi connectivity index (χ4v) is 3.23. The number of anilines is 1. The molecule has 0 spiro atoms. The van der Waals surface area contributed by atoms with Crippen LogP contribution in [0, 0.1) is 11.6 Å². The van der Waals surface area contributed by atoms with Gasteiger partial charge < -0.3 is 14.8 Å². The number of hydrogen-bond donors (Lipinski definition) is 1.